The summed E-state index contributed by atoms with van der Waals surface area (Å²) in [6.07, 6.45) is 1.98. The van der Waals surface area contributed by atoms with Crippen LogP contribution in [-0.2, 0) is 16.4 Å². The van der Waals surface area contributed by atoms with Gasteiger partial charge in [-0.15, -0.1) is 0 Å². The first-order valence-electron chi connectivity index (χ1n) is 7.43. The molecule has 1 atom stereocenters. The zero-order valence-electron chi connectivity index (χ0n) is 13.1. The van der Waals surface area contributed by atoms with E-state index >= 15 is 0 Å². The molecule has 0 saturated heterocycles. The molecule has 2 aromatic heterocycles. The van der Waals surface area contributed by atoms with Crippen molar-refractivity contribution in [2.24, 2.45) is 0 Å². The zero-order valence-corrected chi connectivity index (χ0v) is 13.9. The smallest absolute Gasteiger partial charge is 0.266 e. The van der Waals surface area contributed by atoms with E-state index in [-0.39, 0.29) is 16.8 Å². The van der Waals surface area contributed by atoms with Crippen LogP contribution < -0.4 is 9.46 Å². The molecule has 1 aliphatic heterocycles. The highest BCUT2D eigenvalue weighted by Gasteiger charge is 2.28. The molecule has 1 aliphatic rings. The topological polar surface area (TPSA) is 98.5 Å². The van der Waals surface area contributed by atoms with Gasteiger partial charge < -0.3 is 4.74 Å². The maximum atomic E-state index is 12.9. The molecule has 1 aromatic carbocycles. The summed E-state index contributed by atoms with van der Waals surface area (Å²) >= 11 is 0. The Bertz CT molecular complexity index is 1040. The number of aryl methyl sites for hydroxylation is 1. The van der Waals surface area contributed by atoms with Gasteiger partial charge in [0.15, 0.2) is 0 Å². The van der Waals surface area contributed by atoms with Gasteiger partial charge in [0, 0.05) is 18.2 Å². The Morgan fingerprint density at radius 2 is 2.21 bits per heavy atom. The summed E-state index contributed by atoms with van der Waals surface area (Å²) < 4.78 is 35.3. The second kappa shape index (κ2) is 5.17. The van der Waals surface area contributed by atoms with Crippen LogP contribution in [0.4, 0.5) is 5.82 Å². The van der Waals surface area contributed by atoms with Crippen molar-refractivity contribution >= 4 is 21.6 Å². The summed E-state index contributed by atoms with van der Waals surface area (Å²) in [6.45, 7) is 3.67. The van der Waals surface area contributed by atoms with Crippen LogP contribution in [0.2, 0.25) is 0 Å². The molecule has 24 heavy (non-hydrogen) atoms. The molecule has 0 aliphatic carbocycles. The fraction of sp³-hybridized carbons (Fsp3) is 0.267. The van der Waals surface area contributed by atoms with Crippen molar-refractivity contribution in [2.75, 3.05) is 4.72 Å². The van der Waals surface area contributed by atoms with Crippen molar-refractivity contribution in [2.45, 2.75) is 31.3 Å². The van der Waals surface area contributed by atoms with Gasteiger partial charge in [-0.25, -0.2) is 13.4 Å². The number of hydrogen-bond donors (Lipinski definition) is 1. The fourth-order valence-electron chi connectivity index (χ4n) is 2.82. The standard InChI is InChI=1S/C15H15N5O3S/c1-9-6-13(20-15(18-9)16-8-17-20)19-24(21,22)12-5-3-4-11-7-10(2)23-14(11)12/h3-6,8,10,19H,7H2,1-2H3. The van der Waals surface area contributed by atoms with Crippen molar-refractivity contribution in [1.29, 1.82) is 0 Å². The molecule has 3 aromatic rings. The number of ether oxygens (including phenoxy) is 1. The first-order valence-corrected chi connectivity index (χ1v) is 8.91. The zero-order chi connectivity index (χ0) is 16.9. The number of para-hydroxylation sites is 1. The van der Waals surface area contributed by atoms with Gasteiger partial charge in [0.25, 0.3) is 15.8 Å². The minimum absolute atomic E-state index is 0.0402. The summed E-state index contributed by atoms with van der Waals surface area (Å²) in [6, 6.07) is 6.74. The molecule has 9 heteroatoms. The Morgan fingerprint density at radius 1 is 1.38 bits per heavy atom. The lowest BCUT2D eigenvalue weighted by atomic mass is 10.1. The summed E-state index contributed by atoms with van der Waals surface area (Å²) in [7, 11) is -3.84. The molecule has 3 heterocycles. The molecule has 124 valence electrons. The van der Waals surface area contributed by atoms with Crippen molar-refractivity contribution in [3.63, 3.8) is 0 Å². The molecule has 8 nitrogen and oxygen atoms in total. The van der Waals surface area contributed by atoms with E-state index < -0.39 is 10.0 Å². The molecule has 0 bridgehead atoms. The number of aromatic nitrogens is 4. The second-order valence-electron chi connectivity index (χ2n) is 5.74. The number of nitrogens with zero attached hydrogens (tertiary/aromatic N) is 4. The molecular weight excluding hydrogens is 330 g/mol. The Hall–Kier alpha value is -2.68. The van der Waals surface area contributed by atoms with E-state index in [4.69, 9.17) is 4.74 Å². The van der Waals surface area contributed by atoms with E-state index in [0.717, 1.165) is 5.56 Å². The molecular formula is C15H15N5O3S. The van der Waals surface area contributed by atoms with Crippen LogP contribution in [0.25, 0.3) is 5.78 Å². The normalized spacial score (nSPS) is 16.8. The molecule has 4 rings (SSSR count). The molecule has 0 saturated carbocycles. The molecule has 0 radical (unpaired) electrons. The summed E-state index contributed by atoms with van der Waals surface area (Å²) in [5.41, 5.74) is 1.53. The predicted octanol–water partition coefficient (Wildman–Crippen LogP) is 1.56. The number of anilines is 1. The molecule has 1 N–H and O–H groups in total. The average Bonchev–Trinajstić information content (AvgIpc) is 3.10. The van der Waals surface area contributed by atoms with E-state index in [1.54, 1.807) is 19.1 Å². The van der Waals surface area contributed by atoms with E-state index in [2.05, 4.69) is 19.8 Å². The van der Waals surface area contributed by atoms with Crippen molar-refractivity contribution < 1.29 is 13.2 Å². The number of nitrogens with one attached hydrogen (secondary N) is 1. The number of fused-ring (bicyclic) bond motifs is 2. The Morgan fingerprint density at radius 3 is 3.04 bits per heavy atom. The van der Waals surface area contributed by atoms with Crippen molar-refractivity contribution in [3.05, 3.63) is 41.9 Å². The maximum absolute atomic E-state index is 12.9. The maximum Gasteiger partial charge on any atom is 0.266 e. The largest absolute Gasteiger partial charge is 0.489 e. The average molecular weight is 345 g/mol. The first kappa shape index (κ1) is 14.9. The number of sulfonamides is 1. The van der Waals surface area contributed by atoms with Gasteiger partial charge in [0.05, 0.1) is 0 Å². The third kappa shape index (κ3) is 2.37. The highest BCUT2D eigenvalue weighted by molar-refractivity contribution is 7.92. The summed E-state index contributed by atoms with van der Waals surface area (Å²) in [5, 5.41) is 4.01. The highest BCUT2D eigenvalue weighted by atomic mass is 32.2. The SMILES string of the molecule is Cc1cc(NS(=O)(=O)c2cccc3c2OC(C)C3)n2ncnc2n1. The Kier molecular flexibility index (Phi) is 3.20. The Labute approximate surface area is 138 Å². The first-order chi connectivity index (χ1) is 11.4. The van der Waals surface area contributed by atoms with Crippen LogP contribution in [0.15, 0.2) is 35.5 Å². The lowest BCUT2D eigenvalue weighted by Gasteiger charge is -2.13. The van der Waals surface area contributed by atoms with Crippen LogP contribution in [0.3, 0.4) is 0 Å². The summed E-state index contributed by atoms with van der Waals surface area (Å²) in [5.74, 6) is 1.02. The third-order valence-corrected chi connectivity index (χ3v) is 5.17. The van der Waals surface area contributed by atoms with Gasteiger partial charge >= 0.3 is 0 Å². The molecule has 1 unspecified atom stereocenters. The van der Waals surface area contributed by atoms with Crippen molar-refractivity contribution in [1.82, 2.24) is 19.6 Å². The van der Waals surface area contributed by atoms with Crippen LogP contribution >= 0.6 is 0 Å². The molecule has 0 fully saturated rings. The summed E-state index contributed by atoms with van der Waals surface area (Å²) in [4.78, 5) is 8.31. The van der Waals surface area contributed by atoms with Crippen LogP contribution in [-0.4, -0.2) is 34.1 Å². The monoisotopic (exact) mass is 345 g/mol. The van der Waals surface area contributed by atoms with E-state index in [1.165, 1.54) is 16.9 Å². The molecule has 0 amide bonds. The fourth-order valence-corrected chi connectivity index (χ4v) is 4.03. The van der Waals surface area contributed by atoms with Crippen LogP contribution in [0.5, 0.6) is 5.75 Å². The predicted molar refractivity (Wildman–Crippen MR) is 86.6 cm³/mol. The van der Waals surface area contributed by atoms with Gasteiger partial charge in [-0.3, -0.25) is 4.72 Å². The van der Waals surface area contributed by atoms with Crippen molar-refractivity contribution in [3.8, 4) is 5.75 Å². The lowest BCUT2D eigenvalue weighted by Crippen LogP contribution is -2.17. The van der Waals surface area contributed by atoms with Gasteiger partial charge in [0.1, 0.15) is 28.9 Å². The second-order valence-corrected chi connectivity index (χ2v) is 7.39. The highest BCUT2D eigenvalue weighted by Crippen LogP contribution is 2.35. The lowest BCUT2D eigenvalue weighted by molar-refractivity contribution is 0.249. The minimum Gasteiger partial charge on any atom is -0.489 e. The van der Waals surface area contributed by atoms with Crippen LogP contribution in [0.1, 0.15) is 18.2 Å². The number of hydrogen-bond acceptors (Lipinski definition) is 6. The van der Waals surface area contributed by atoms with E-state index in [1.807, 2.05) is 13.0 Å². The minimum atomic E-state index is -3.84. The van der Waals surface area contributed by atoms with Gasteiger partial charge in [0.2, 0.25) is 0 Å². The quantitative estimate of drug-likeness (QED) is 0.773. The van der Waals surface area contributed by atoms with E-state index in [9.17, 15) is 8.42 Å². The van der Waals surface area contributed by atoms with Crippen LogP contribution in [0, 0.1) is 6.92 Å². The number of rotatable bonds is 3. The van der Waals surface area contributed by atoms with Gasteiger partial charge in [-0.2, -0.15) is 14.6 Å². The number of benzene rings is 1. The molecule has 0 spiro atoms. The van der Waals surface area contributed by atoms with Gasteiger partial charge in [-0.1, -0.05) is 12.1 Å². The third-order valence-electron chi connectivity index (χ3n) is 3.80. The van der Waals surface area contributed by atoms with Gasteiger partial charge in [-0.05, 0) is 25.5 Å². The Balaban J connectivity index is 1.80. The van der Waals surface area contributed by atoms with E-state index in [0.29, 0.717) is 23.6 Å².